The molecule has 1 heterocycles. The quantitative estimate of drug-likeness (QED) is 0.788. The van der Waals surface area contributed by atoms with Crippen LogP contribution < -0.4 is 5.32 Å². The summed E-state index contributed by atoms with van der Waals surface area (Å²) < 4.78 is 0. The van der Waals surface area contributed by atoms with E-state index in [1.54, 1.807) is 0 Å². The molecule has 3 nitrogen and oxygen atoms in total. The number of amides is 1. The van der Waals surface area contributed by atoms with Crippen molar-refractivity contribution in [1.82, 2.24) is 10.2 Å². The maximum absolute atomic E-state index is 12.3. The summed E-state index contributed by atoms with van der Waals surface area (Å²) in [4.78, 5) is 14.5. The zero-order valence-electron chi connectivity index (χ0n) is 11.9. The highest BCUT2D eigenvalue weighted by Crippen LogP contribution is 2.23. The fourth-order valence-corrected chi connectivity index (χ4v) is 3.35. The van der Waals surface area contributed by atoms with E-state index in [-0.39, 0.29) is 11.9 Å². The van der Waals surface area contributed by atoms with Crippen LogP contribution in [0.1, 0.15) is 51.4 Å². The molecule has 0 radical (unpaired) electrons. The number of likely N-dealkylation sites (tertiary alicyclic amines) is 1. The largest absolute Gasteiger partial charge is 0.354 e. The SMILES string of the molecule is C#CCN1CCCCC1C(=O)NCC1CCCCC1. The van der Waals surface area contributed by atoms with Gasteiger partial charge in [-0.25, -0.2) is 0 Å². The highest BCUT2D eigenvalue weighted by atomic mass is 16.2. The molecule has 0 aromatic heterocycles. The number of rotatable bonds is 4. The third kappa shape index (κ3) is 4.24. The van der Waals surface area contributed by atoms with Gasteiger partial charge in [-0.3, -0.25) is 9.69 Å². The second-order valence-electron chi connectivity index (χ2n) is 5.94. The molecule has 19 heavy (non-hydrogen) atoms. The molecule has 2 fully saturated rings. The molecule has 1 atom stereocenters. The second kappa shape index (κ2) is 7.55. The minimum absolute atomic E-state index is 0.00777. The molecule has 0 aromatic rings. The van der Waals surface area contributed by atoms with Crippen molar-refractivity contribution in [3.63, 3.8) is 0 Å². The van der Waals surface area contributed by atoms with E-state index in [0.717, 1.165) is 32.4 Å². The maximum atomic E-state index is 12.3. The predicted molar refractivity (Wildman–Crippen MR) is 77.6 cm³/mol. The minimum atomic E-state index is 0.00777. The molecule has 3 heteroatoms. The Morgan fingerprint density at radius 1 is 1.16 bits per heavy atom. The molecule has 0 spiro atoms. The number of carbonyl (C=O) groups is 1. The molecule has 1 unspecified atom stereocenters. The highest BCUT2D eigenvalue weighted by molar-refractivity contribution is 5.81. The van der Waals surface area contributed by atoms with Gasteiger partial charge < -0.3 is 5.32 Å². The maximum Gasteiger partial charge on any atom is 0.237 e. The summed E-state index contributed by atoms with van der Waals surface area (Å²) in [5, 5.41) is 3.16. The van der Waals surface area contributed by atoms with Crippen molar-refractivity contribution in [2.24, 2.45) is 5.92 Å². The predicted octanol–water partition coefficient (Wildman–Crippen LogP) is 2.17. The van der Waals surface area contributed by atoms with Gasteiger partial charge in [0.25, 0.3) is 0 Å². The Labute approximate surface area is 117 Å². The molecule has 1 amide bonds. The number of piperidine rings is 1. The molecule has 1 saturated heterocycles. The van der Waals surface area contributed by atoms with Crippen LogP contribution in [0, 0.1) is 18.3 Å². The first kappa shape index (κ1) is 14.4. The fraction of sp³-hybridized carbons (Fsp3) is 0.812. The first-order chi connectivity index (χ1) is 9.31. The number of nitrogens with one attached hydrogen (secondary N) is 1. The lowest BCUT2D eigenvalue weighted by Gasteiger charge is -2.33. The summed E-state index contributed by atoms with van der Waals surface area (Å²) >= 11 is 0. The van der Waals surface area contributed by atoms with Crippen LogP contribution in [0.25, 0.3) is 0 Å². The van der Waals surface area contributed by atoms with Gasteiger partial charge in [0.1, 0.15) is 0 Å². The van der Waals surface area contributed by atoms with Crippen molar-refractivity contribution in [3.8, 4) is 12.3 Å². The molecule has 1 aliphatic carbocycles. The van der Waals surface area contributed by atoms with Crippen LogP contribution in [0.4, 0.5) is 0 Å². The number of carbonyl (C=O) groups excluding carboxylic acids is 1. The van der Waals surface area contributed by atoms with E-state index in [0.29, 0.717) is 12.5 Å². The van der Waals surface area contributed by atoms with Crippen molar-refractivity contribution in [3.05, 3.63) is 0 Å². The fourth-order valence-electron chi connectivity index (χ4n) is 3.35. The van der Waals surface area contributed by atoms with Crippen molar-refractivity contribution in [1.29, 1.82) is 0 Å². The smallest absolute Gasteiger partial charge is 0.237 e. The average molecular weight is 262 g/mol. The van der Waals surface area contributed by atoms with Gasteiger partial charge in [-0.2, -0.15) is 0 Å². The standard InChI is InChI=1S/C16H26N2O/c1-2-11-18-12-7-6-10-15(18)16(19)17-13-14-8-4-3-5-9-14/h1,14-15H,3-13H2,(H,17,19). The van der Waals surface area contributed by atoms with Crippen LogP contribution in [0.2, 0.25) is 0 Å². The van der Waals surface area contributed by atoms with E-state index in [2.05, 4.69) is 16.1 Å². The second-order valence-corrected chi connectivity index (χ2v) is 5.94. The van der Waals surface area contributed by atoms with E-state index < -0.39 is 0 Å². The van der Waals surface area contributed by atoms with Crippen molar-refractivity contribution >= 4 is 5.91 Å². The lowest BCUT2D eigenvalue weighted by atomic mass is 9.89. The Kier molecular flexibility index (Phi) is 5.72. The zero-order chi connectivity index (χ0) is 13.5. The van der Waals surface area contributed by atoms with Crippen LogP contribution >= 0.6 is 0 Å². The summed E-state index contributed by atoms with van der Waals surface area (Å²) in [7, 11) is 0. The zero-order valence-corrected chi connectivity index (χ0v) is 11.9. The van der Waals surface area contributed by atoms with Gasteiger partial charge in [-0.05, 0) is 38.1 Å². The first-order valence-electron chi connectivity index (χ1n) is 7.76. The topological polar surface area (TPSA) is 32.3 Å². The van der Waals surface area contributed by atoms with E-state index in [1.807, 2.05) is 0 Å². The van der Waals surface area contributed by atoms with Crippen molar-refractivity contribution in [2.75, 3.05) is 19.6 Å². The van der Waals surface area contributed by atoms with E-state index >= 15 is 0 Å². The highest BCUT2D eigenvalue weighted by Gasteiger charge is 2.28. The summed E-state index contributed by atoms with van der Waals surface area (Å²) in [6, 6.07) is 0.00777. The van der Waals surface area contributed by atoms with E-state index in [1.165, 1.54) is 32.1 Å². The van der Waals surface area contributed by atoms with Gasteiger partial charge in [-0.1, -0.05) is 31.6 Å². The Balaban J connectivity index is 1.78. The normalized spacial score (nSPS) is 25.7. The van der Waals surface area contributed by atoms with Crippen molar-refractivity contribution < 1.29 is 4.79 Å². The molecule has 0 bridgehead atoms. The molecular formula is C16H26N2O. The Hall–Kier alpha value is -1.01. The Morgan fingerprint density at radius 3 is 2.63 bits per heavy atom. The Morgan fingerprint density at radius 2 is 1.89 bits per heavy atom. The molecule has 1 N–H and O–H groups in total. The molecule has 2 rings (SSSR count). The monoisotopic (exact) mass is 262 g/mol. The molecule has 1 saturated carbocycles. The molecular weight excluding hydrogens is 236 g/mol. The summed E-state index contributed by atoms with van der Waals surface area (Å²) in [6.07, 6.45) is 15.2. The molecule has 1 aliphatic heterocycles. The van der Waals surface area contributed by atoms with Crippen LogP contribution in [-0.4, -0.2) is 36.5 Å². The lowest BCUT2D eigenvalue weighted by Crippen LogP contribution is -2.50. The third-order valence-corrected chi connectivity index (χ3v) is 4.50. The number of nitrogens with zero attached hydrogens (tertiary/aromatic N) is 1. The van der Waals surface area contributed by atoms with Crippen LogP contribution in [0.5, 0.6) is 0 Å². The number of hydrogen-bond donors (Lipinski definition) is 1. The number of terminal acetylenes is 1. The van der Waals surface area contributed by atoms with Crippen LogP contribution in [-0.2, 0) is 4.79 Å². The average Bonchev–Trinajstić information content (AvgIpc) is 2.47. The van der Waals surface area contributed by atoms with Crippen molar-refractivity contribution in [2.45, 2.75) is 57.4 Å². The number of hydrogen-bond acceptors (Lipinski definition) is 2. The van der Waals surface area contributed by atoms with Gasteiger partial charge in [0.05, 0.1) is 12.6 Å². The molecule has 2 aliphatic rings. The lowest BCUT2D eigenvalue weighted by molar-refractivity contribution is -0.127. The first-order valence-corrected chi connectivity index (χ1v) is 7.76. The van der Waals surface area contributed by atoms with E-state index in [9.17, 15) is 4.79 Å². The third-order valence-electron chi connectivity index (χ3n) is 4.50. The summed E-state index contributed by atoms with van der Waals surface area (Å²) in [5.41, 5.74) is 0. The summed E-state index contributed by atoms with van der Waals surface area (Å²) in [6.45, 7) is 2.42. The van der Waals surface area contributed by atoms with Crippen LogP contribution in [0.15, 0.2) is 0 Å². The van der Waals surface area contributed by atoms with Gasteiger partial charge in [-0.15, -0.1) is 6.42 Å². The van der Waals surface area contributed by atoms with Gasteiger partial charge in [0.2, 0.25) is 5.91 Å². The van der Waals surface area contributed by atoms with E-state index in [4.69, 9.17) is 6.42 Å². The van der Waals surface area contributed by atoms with Gasteiger partial charge >= 0.3 is 0 Å². The molecule has 0 aromatic carbocycles. The molecule has 106 valence electrons. The minimum Gasteiger partial charge on any atom is -0.354 e. The Bertz CT molecular complexity index is 328. The van der Waals surface area contributed by atoms with Gasteiger partial charge in [0, 0.05) is 6.54 Å². The van der Waals surface area contributed by atoms with Gasteiger partial charge in [0.15, 0.2) is 0 Å². The van der Waals surface area contributed by atoms with Crippen LogP contribution in [0.3, 0.4) is 0 Å². The summed E-state index contributed by atoms with van der Waals surface area (Å²) in [5.74, 6) is 3.57.